The maximum Gasteiger partial charge on any atom is 0.135 e. The molecule has 0 saturated carbocycles. The molecule has 0 unspecified atom stereocenters. The Bertz CT molecular complexity index is 3840. The number of hydrogen-bond donors (Lipinski definition) is 0. The Hall–Kier alpha value is -8.18. The van der Waals surface area contributed by atoms with Crippen LogP contribution in [0.1, 0.15) is 0 Å². The Morgan fingerprint density at radius 1 is 0.328 bits per heavy atom. The number of anilines is 3. The SMILES string of the molecule is c1ccc(-c2cc(-c3ccccc3)cc(N(c3ccccc3)c3ccc4c5cc(-c6ccc7oc8ccccc8c7c6)ccc5n(-c5cccc6c5sc5ccccc56)c4c3)c2)cc1. The first-order valence-electron chi connectivity index (χ1n) is 21.7. The van der Waals surface area contributed by atoms with Gasteiger partial charge in [0, 0.05) is 54.1 Å². The lowest BCUT2D eigenvalue weighted by Crippen LogP contribution is -2.10. The van der Waals surface area contributed by atoms with Gasteiger partial charge in [0.25, 0.3) is 0 Å². The number of benzene rings is 10. The van der Waals surface area contributed by atoms with Gasteiger partial charge in [-0.15, -0.1) is 11.3 Å². The Morgan fingerprint density at radius 3 is 1.72 bits per heavy atom. The molecule has 0 bridgehead atoms. The van der Waals surface area contributed by atoms with Crippen LogP contribution in [0, 0.1) is 0 Å². The van der Waals surface area contributed by atoms with Crippen molar-refractivity contribution in [3.05, 3.63) is 231 Å². The van der Waals surface area contributed by atoms with Crippen molar-refractivity contribution in [2.24, 2.45) is 0 Å². The van der Waals surface area contributed by atoms with Crippen LogP contribution in [0.5, 0.6) is 0 Å². The Balaban J connectivity index is 1.07. The maximum absolute atomic E-state index is 6.23. The van der Waals surface area contributed by atoms with Crippen LogP contribution in [0.3, 0.4) is 0 Å². The lowest BCUT2D eigenvalue weighted by Gasteiger charge is -2.27. The van der Waals surface area contributed by atoms with E-state index in [1.54, 1.807) is 0 Å². The lowest BCUT2D eigenvalue weighted by molar-refractivity contribution is 0.669. The van der Waals surface area contributed by atoms with Gasteiger partial charge in [0.15, 0.2) is 0 Å². The van der Waals surface area contributed by atoms with Gasteiger partial charge >= 0.3 is 0 Å². The average Bonchev–Trinajstić information content (AvgIpc) is 4.04. The van der Waals surface area contributed by atoms with Crippen molar-refractivity contribution < 1.29 is 4.42 Å². The molecule has 0 amide bonds. The molecule has 13 rings (SSSR count). The van der Waals surface area contributed by atoms with Gasteiger partial charge in [-0.3, -0.25) is 0 Å². The smallest absolute Gasteiger partial charge is 0.135 e. The standard InChI is InChI=1S/C60H38N2OS/c1-4-15-39(16-5-1)43-33-44(40-17-6-2-7-18-40)35-47(34-43)61(45-19-8-3-9-20-45)46-29-30-48-52-36-41(42-28-32-58-53(37-42)49-21-10-12-25-57(49)63-58)27-31-54(52)62(56(48)38-46)55-24-14-23-51-50-22-11-13-26-59(50)64-60(51)55/h1-38H. The molecule has 0 saturated heterocycles. The normalized spacial score (nSPS) is 11.8. The van der Waals surface area contributed by atoms with Crippen LogP contribution in [0.4, 0.5) is 17.1 Å². The fraction of sp³-hybridized carbons (Fsp3) is 0. The molecule has 0 aliphatic heterocycles. The summed E-state index contributed by atoms with van der Waals surface area (Å²) in [6, 6.07) is 83.6. The van der Waals surface area contributed by atoms with Gasteiger partial charge in [-0.1, -0.05) is 146 Å². The quantitative estimate of drug-likeness (QED) is 0.159. The summed E-state index contributed by atoms with van der Waals surface area (Å²) < 4.78 is 11.3. The summed E-state index contributed by atoms with van der Waals surface area (Å²) in [5.74, 6) is 0. The number of aromatic nitrogens is 1. The number of rotatable bonds is 7. The van der Waals surface area contributed by atoms with E-state index in [1.165, 1.54) is 70.0 Å². The van der Waals surface area contributed by atoms with Crippen molar-refractivity contribution in [1.82, 2.24) is 4.57 Å². The summed E-state index contributed by atoms with van der Waals surface area (Å²) >= 11 is 1.87. The largest absolute Gasteiger partial charge is 0.456 e. The maximum atomic E-state index is 6.23. The molecule has 0 radical (unpaired) electrons. The predicted octanol–water partition coefficient (Wildman–Crippen LogP) is 17.5. The minimum absolute atomic E-state index is 0.903. The molecule has 3 aromatic heterocycles. The molecule has 0 N–H and O–H groups in total. The number of nitrogens with zero attached hydrogens (tertiary/aromatic N) is 2. The number of hydrogen-bond acceptors (Lipinski definition) is 3. The van der Waals surface area contributed by atoms with E-state index in [0.717, 1.165) is 50.1 Å². The van der Waals surface area contributed by atoms with Crippen LogP contribution in [0.15, 0.2) is 235 Å². The van der Waals surface area contributed by atoms with Crippen LogP contribution in [-0.4, -0.2) is 4.57 Å². The van der Waals surface area contributed by atoms with Crippen molar-refractivity contribution in [1.29, 1.82) is 0 Å². The minimum atomic E-state index is 0.903. The van der Waals surface area contributed by atoms with Crippen LogP contribution in [0.25, 0.3) is 103 Å². The molecule has 0 spiro atoms. The van der Waals surface area contributed by atoms with Crippen molar-refractivity contribution >= 4 is 92.3 Å². The van der Waals surface area contributed by atoms with E-state index in [4.69, 9.17) is 4.42 Å². The van der Waals surface area contributed by atoms with E-state index in [-0.39, 0.29) is 0 Å². The zero-order valence-corrected chi connectivity index (χ0v) is 35.5. The third kappa shape index (κ3) is 5.95. The van der Waals surface area contributed by atoms with Crippen LogP contribution in [-0.2, 0) is 0 Å². The number of furan rings is 1. The molecule has 300 valence electrons. The highest BCUT2D eigenvalue weighted by atomic mass is 32.1. The first-order chi connectivity index (χ1) is 31.7. The van der Waals surface area contributed by atoms with Crippen molar-refractivity contribution in [2.45, 2.75) is 0 Å². The second-order valence-electron chi connectivity index (χ2n) is 16.5. The first-order valence-corrected chi connectivity index (χ1v) is 22.6. The van der Waals surface area contributed by atoms with Gasteiger partial charge in [-0.05, 0) is 118 Å². The fourth-order valence-corrected chi connectivity index (χ4v) is 11.0. The van der Waals surface area contributed by atoms with E-state index in [2.05, 4.69) is 228 Å². The molecule has 3 heterocycles. The molecule has 0 aliphatic carbocycles. The van der Waals surface area contributed by atoms with E-state index in [9.17, 15) is 0 Å². The van der Waals surface area contributed by atoms with Gasteiger partial charge in [0.1, 0.15) is 11.2 Å². The molecular weight excluding hydrogens is 797 g/mol. The molecule has 13 aromatic rings. The van der Waals surface area contributed by atoms with Crippen LogP contribution < -0.4 is 4.90 Å². The van der Waals surface area contributed by atoms with Crippen molar-refractivity contribution in [3.8, 4) is 39.1 Å². The van der Waals surface area contributed by atoms with E-state index in [1.807, 2.05) is 23.5 Å². The Kier molecular flexibility index (Phi) is 8.40. The van der Waals surface area contributed by atoms with Gasteiger partial charge in [0.05, 0.1) is 21.4 Å². The second-order valence-corrected chi connectivity index (χ2v) is 17.6. The van der Waals surface area contributed by atoms with Gasteiger partial charge in [-0.2, -0.15) is 0 Å². The van der Waals surface area contributed by atoms with Crippen LogP contribution >= 0.6 is 11.3 Å². The van der Waals surface area contributed by atoms with Gasteiger partial charge in [0.2, 0.25) is 0 Å². The fourth-order valence-electron chi connectivity index (χ4n) is 9.76. The van der Waals surface area contributed by atoms with E-state index < -0.39 is 0 Å². The molecule has 3 nitrogen and oxygen atoms in total. The number of para-hydroxylation sites is 2. The van der Waals surface area contributed by atoms with Crippen LogP contribution in [0.2, 0.25) is 0 Å². The molecule has 0 aliphatic rings. The van der Waals surface area contributed by atoms with E-state index in [0.29, 0.717) is 0 Å². The molecule has 4 heteroatoms. The lowest BCUT2D eigenvalue weighted by atomic mass is 9.97. The highest BCUT2D eigenvalue weighted by Crippen LogP contribution is 2.45. The summed E-state index contributed by atoms with van der Waals surface area (Å²) in [4.78, 5) is 2.41. The molecule has 10 aromatic carbocycles. The third-order valence-electron chi connectivity index (χ3n) is 12.7. The first kappa shape index (κ1) is 36.5. The zero-order chi connectivity index (χ0) is 42.1. The average molecular weight is 835 g/mol. The zero-order valence-electron chi connectivity index (χ0n) is 34.7. The molecule has 0 atom stereocenters. The van der Waals surface area contributed by atoms with Gasteiger partial charge < -0.3 is 13.9 Å². The molecule has 0 fully saturated rings. The number of thiophene rings is 1. The molecular formula is C60H38N2OS. The monoisotopic (exact) mass is 834 g/mol. The summed E-state index contributed by atoms with van der Waals surface area (Å²) in [7, 11) is 0. The number of fused-ring (bicyclic) bond motifs is 9. The highest BCUT2D eigenvalue weighted by molar-refractivity contribution is 7.26. The Labute approximate surface area is 373 Å². The van der Waals surface area contributed by atoms with Crippen molar-refractivity contribution in [2.75, 3.05) is 4.90 Å². The summed E-state index contributed by atoms with van der Waals surface area (Å²) in [5.41, 5.74) is 15.6. The molecule has 64 heavy (non-hydrogen) atoms. The second kappa shape index (κ2) is 14.7. The highest BCUT2D eigenvalue weighted by Gasteiger charge is 2.21. The van der Waals surface area contributed by atoms with Gasteiger partial charge in [-0.25, -0.2) is 0 Å². The Morgan fingerprint density at radius 2 is 0.953 bits per heavy atom. The van der Waals surface area contributed by atoms with Crippen molar-refractivity contribution in [3.63, 3.8) is 0 Å². The summed E-state index contributed by atoms with van der Waals surface area (Å²) in [5, 5.41) is 7.23. The minimum Gasteiger partial charge on any atom is -0.456 e. The summed E-state index contributed by atoms with van der Waals surface area (Å²) in [6.45, 7) is 0. The third-order valence-corrected chi connectivity index (χ3v) is 14.0. The summed E-state index contributed by atoms with van der Waals surface area (Å²) in [6.07, 6.45) is 0. The van der Waals surface area contributed by atoms with E-state index >= 15 is 0 Å². The predicted molar refractivity (Wildman–Crippen MR) is 272 cm³/mol. The topological polar surface area (TPSA) is 21.3 Å².